The molecule has 0 saturated heterocycles. The van der Waals surface area contributed by atoms with E-state index in [0.717, 1.165) is 26.9 Å². The lowest BCUT2D eigenvalue weighted by atomic mass is 10.2. The minimum atomic E-state index is 0.655. The van der Waals surface area contributed by atoms with E-state index in [2.05, 4.69) is 46.0 Å². The van der Waals surface area contributed by atoms with Crippen LogP contribution in [0.4, 0.5) is 0 Å². The van der Waals surface area contributed by atoms with Gasteiger partial charge in [0.2, 0.25) is 0 Å². The summed E-state index contributed by atoms with van der Waals surface area (Å²) in [5.41, 5.74) is 4.18. The average Bonchev–Trinajstić information content (AvgIpc) is 2.73. The number of nitrogens with zero attached hydrogens (tertiary/aromatic N) is 1. The summed E-state index contributed by atoms with van der Waals surface area (Å²) in [6.07, 6.45) is 0. The van der Waals surface area contributed by atoms with Gasteiger partial charge in [0.15, 0.2) is 4.77 Å². The van der Waals surface area contributed by atoms with Crippen molar-refractivity contribution in [3.8, 4) is 11.4 Å². The molecule has 0 radical (unpaired) electrons. The van der Waals surface area contributed by atoms with Crippen LogP contribution in [0.25, 0.3) is 16.7 Å². The van der Waals surface area contributed by atoms with E-state index in [4.69, 9.17) is 17.0 Å². The molecule has 20 heavy (non-hydrogen) atoms. The maximum absolute atomic E-state index is 5.47. The molecule has 0 bridgehead atoms. The second kappa shape index (κ2) is 5.07. The Morgan fingerprint density at radius 2 is 2.00 bits per heavy atom. The fraction of sp³-hybridized carbons (Fsp3) is 0.133. The van der Waals surface area contributed by atoms with Crippen molar-refractivity contribution in [3.63, 3.8) is 0 Å². The molecule has 0 atom stereocenters. The molecule has 3 nitrogen and oxygen atoms in total. The fourth-order valence-electron chi connectivity index (χ4n) is 2.30. The fourth-order valence-corrected chi connectivity index (χ4v) is 2.96. The lowest BCUT2D eigenvalue weighted by Crippen LogP contribution is -1.98. The first-order chi connectivity index (χ1) is 9.60. The number of rotatable bonds is 2. The van der Waals surface area contributed by atoms with Gasteiger partial charge in [-0.1, -0.05) is 22.0 Å². The number of fused-ring (bicyclic) bond motifs is 1. The number of methoxy groups -OCH3 is 1. The largest absolute Gasteiger partial charge is 0.495 e. The molecule has 0 aliphatic carbocycles. The average molecular weight is 349 g/mol. The summed E-state index contributed by atoms with van der Waals surface area (Å²) in [5.74, 6) is 0.783. The molecular weight excluding hydrogens is 336 g/mol. The lowest BCUT2D eigenvalue weighted by molar-refractivity contribution is 0.413. The van der Waals surface area contributed by atoms with Crippen molar-refractivity contribution in [1.29, 1.82) is 0 Å². The second-order valence-corrected chi connectivity index (χ2v) is 5.90. The Labute approximate surface area is 130 Å². The Morgan fingerprint density at radius 1 is 1.20 bits per heavy atom. The van der Waals surface area contributed by atoms with Gasteiger partial charge in [-0.25, -0.2) is 0 Å². The normalized spacial score (nSPS) is 10.9. The first-order valence-electron chi connectivity index (χ1n) is 6.15. The summed E-state index contributed by atoms with van der Waals surface area (Å²) in [6, 6.07) is 12.1. The monoisotopic (exact) mass is 348 g/mol. The number of nitrogens with one attached hydrogen (secondary N) is 1. The molecule has 3 rings (SSSR count). The van der Waals surface area contributed by atoms with Crippen LogP contribution in [-0.2, 0) is 0 Å². The molecule has 0 aliphatic heterocycles. The number of H-pyrrole nitrogens is 1. The minimum Gasteiger partial charge on any atom is -0.495 e. The highest BCUT2D eigenvalue weighted by Gasteiger charge is 2.11. The molecule has 3 aromatic rings. The van der Waals surface area contributed by atoms with Crippen molar-refractivity contribution in [2.45, 2.75) is 6.92 Å². The van der Waals surface area contributed by atoms with Gasteiger partial charge in [-0.3, -0.25) is 4.57 Å². The number of ether oxygens (including phenoxy) is 1. The molecule has 0 unspecified atom stereocenters. The molecule has 1 N–H and O–H groups in total. The van der Waals surface area contributed by atoms with Gasteiger partial charge in [0, 0.05) is 4.47 Å². The van der Waals surface area contributed by atoms with E-state index in [1.54, 1.807) is 7.11 Å². The molecule has 2 aromatic carbocycles. The maximum atomic E-state index is 5.47. The van der Waals surface area contributed by atoms with E-state index in [0.29, 0.717) is 4.77 Å². The summed E-state index contributed by atoms with van der Waals surface area (Å²) in [4.78, 5) is 3.24. The number of halogens is 1. The zero-order valence-corrected chi connectivity index (χ0v) is 13.5. The van der Waals surface area contributed by atoms with Crippen LogP contribution in [0.3, 0.4) is 0 Å². The molecule has 1 heterocycles. The van der Waals surface area contributed by atoms with Gasteiger partial charge in [-0.2, -0.15) is 0 Å². The third kappa shape index (κ3) is 2.17. The summed E-state index contributed by atoms with van der Waals surface area (Å²) in [6.45, 7) is 2.06. The molecule has 0 spiro atoms. The highest BCUT2D eigenvalue weighted by Crippen LogP contribution is 2.30. The summed E-state index contributed by atoms with van der Waals surface area (Å²) < 4.78 is 9.08. The van der Waals surface area contributed by atoms with Crippen LogP contribution >= 0.6 is 28.1 Å². The van der Waals surface area contributed by atoms with Crippen LogP contribution in [0.15, 0.2) is 40.9 Å². The Hall–Kier alpha value is -1.59. The zero-order valence-electron chi connectivity index (χ0n) is 11.1. The van der Waals surface area contributed by atoms with Crippen molar-refractivity contribution in [2.75, 3.05) is 7.11 Å². The SMILES string of the molecule is COc1ccc(Br)cc1-n1c(=S)[nH]c2cc(C)ccc21. The van der Waals surface area contributed by atoms with Crippen LogP contribution in [0.5, 0.6) is 5.75 Å². The number of aryl methyl sites for hydroxylation is 1. The molecular formula is C15H13BrN2OS. The number of aromatic nitrogens is 2. The van der Waals surface area contributed by atoms with Crippen molar-refractivity contribution >= 4 is 39.2 Å². The van der Waals surface area contributed by atoms with Gasteiger partial charge in [-0.15, -0.1) is 0 Å². The number of hydrogen-bond donors (Lipinski definition) is 1. The molecule has 0 fully saturated rings. The maximum Gasteiger partial charge on any atom is 0.182 e. The van der Waals surface area contributed by atoms with E-state index in [-0.39, 0.29) is 0 Å². The highest BCUT2D eigenvalue weighted by molar-refractivity contribution is 9.10. The van der Waals surface area contributed by atoms with Gasteiger partial charge in [0.1, 0.15) is 5.75 Å². The van der Waals surface area contributed by atoms with Gasteiger partial charge < -0.3 is 9.72 Å². The molecule has 102 valence electrons. The van der Waals surface area contributed by atoms with E-state index in [1.165, 1.54) is 5.56 Å². The van der Waals surface area contributed by atoms with E-state index < -0.39 is 0 Å². The Kier molecular flexibility index (Phi) is 3.40. The van der Waals surface area contributed by atoms with Gasteiger partial charge in [-0.05, 0) is 55.0 Å². The predicted octanol–water partition coefficient (Wildman–Crippen LogP) is 4.77. The smallest absolute Gasteiger partial charge is 0.182 e. The summed E-state index contributed by atoms with van der Waals surface area (Å²) in [5, 5.41) is 0. The van der Waals surface area contributed by atoms with E-state index >= 15 is 0 Å². The van der Waals surface area contributed by atoms with Crippen LogP contribution in [0.1, 0.15) is 5.56 Å². The van der Waals surface area contributed by atoms with Crippen LogP contribution in [-0.4, -0.2) is 16.7 Å². The lowest BCUT2D eigenvalue weighted by Gasteiger charge is -2.11. The van der Waals surface area contributed by atoms with Crippen LogP contribution in [0.2, 0.25) is 0 Å². The van der Waals surface area contributed by atoms with Gasteiger partial charge >= 0.3 is 0 Å². The van der Waals surface area contributed by atoms with E-state index in [9.17, 15) is 0 Å². The first-order valence-corrected chi connectivity index (χ1v) is 7.35. The zero-order chi connectivity index (χ0) is 14.3. The van der Waals surface area contributed by atoms with Crippen molar-refractivity contribution in [3.05, 3.63) is 51.2 Å². The molecule has 0 saturated carbocycles. The Bertz CT molecular complexity index is 851. The second-order valence-electron chi connectivity index (χ2n) is 4.60. The number of benzene rings is 2. The number of aromatic amines is 1. The number of hydrogen-bond acceptors (Lipinski definition) is 2. The third-order valence-corrected chi connectivity index (χ3v) is 4.00. The van der Waals surface area contributed by atoms with E-state index in [1.807, 2.05) is 22.8 Å². The molecule has 5 heteroatoms. The topological polar surface area (TPSA) is 29.9 Å². The first kappa shape index (κ1) is 13.4. The Balaban J connectivity index is 2.37. The number of imidazole rings is 1. The van der Waals surface area contributed by atoms with Crippen molar-refractivity contribution in [1.82, 2.24) is 9.55 Å². The van der Waals surface area contributed by atoms with Gasteiger partial charge in [0.05, 0.1) is 23.8 Å². The van der Waals surface area contributed by atoms with Crippen LogP contribution < -0.4 is 4.74 Å². The standard InChI is InChI=1S/C15H13BrN2OS/c1-9-3-5-12-11(7-9)17-15(20)18(12)13-8-10(16)4-6-14(13)19-2/h3-8H,1-2H3,(H,17,20). The quantitative estimate of drug-likeness (QED) is 0.676. The van der Waals surface area contributed by atoms with Crippen molar-refractivity contribution < 1.29 is 4.74 Å². The molecule has 0 amide bonds. The minimum absolute atomic E-state index is 0.655. The Morgan fingerprint density at radius 3 is 2.75 bits per heavy atom. The molecule has 0 aliphatic rings. The predicted molar refractivity (Wildman–Crippen MR) is 87.4 cm³/mol. The summed E-state index contributed by atoms with van der Waals surface area (Å²) >= 11 is 8.96. The third-order valence-electron chi connectivity index (χ3n) is 3.22. The summed E-state index contributed by atoms with van der Waals surface area (Å²) in [7, 11) is 1.66. The van der Waals surface area contributed by atoms with Crippen LogP contribution in [0, 0.1) is 11.7 Å². The van der Waals surface area contributed by atoms with Gasteiger partial charge in [0.25, 0.3) is 0 Å². The highest BCUT2D eigenvalue weighted by atomic mass is 79.9. The molecule has 1 aromatic heterocycles. The van der Waals surface area contributed by atoms with Crippen molar-refractivity contribution in [2.24, 2.45) is 0 Å².